The number of ketones is 1. The molecule has 5 nitrogen and oxygen atoms in total. The summed E-state index contributed by atoms with van der Waals surface area (Å²) in [6.45, 7) is 2.48. The van der Waals surface area contributed by atoms with E-state index in [1.165, 1.54) is 12.4 Å². The second kappa shape index (κ2) is 5.93. The number of carbonyl (C=O) groups excluding carboxylic acids is 2. The predicted octanol–water partition coefficient (Wildman–Crippen LogP) is 2.30. The monoisotopic (exact) mass is 310 g/mol. The van der Waals surface area contributed by atoms with Crippen LogP contribution in [0.2, 0.25) is 0 Å². The highest BCUT2D eigenvalue weighted by Crippen LogP contribution is 2.42. The number of fused-ring (bicyclic) bond motifs is 1. The molecule has 3 rings (SSSR count). The van der Waals surface area contributed by atoms with E-state index in [0.717, 1.165) is 6.42 Å². The van der Waals surface area contributed by atoms with E-state index >= 15 is 0 Å². The van der Waals surface area contributed by atoms with E-state index in [-0.39, 0.29) is 12.2 Å². The van der Waals surface area contributed by atoms with Crippen LogP contribution in [0.5, 0.6) is 0 Å². The Balaban J connectivity index is 1.97. The minimum absolute atomic E-state index is 0.271. The number of hydrogen-bond acceptors (Lipinski definition) is 4. The first kappa shape index (κ1) is 15.4. The molecular weight excluding hydrogens is 292 g/mol. The number of anilines is 1. The quantitative estimate of drug-likeness (QED) is 0.860. The molecule has 0 fully saturated rings. The molecule has 1 atom stereocenters. The summed E-state index contributed by atoms with van der Waals surface area (Å²) in [7, 11) is 0. The predicted molar refractivity (Wildman–Crippen MR) is 86.2 cm³/mol. The van der Waals surface area contributed by atoms with Crippen molar-refractivity contribution in [1.29, 1.82) is 0 Å². The summed E-state index contributed by atoms with van der Waals surface area (Å²) in [6, 6.07) is 10.3. The van der Waals surface area contributed by atoms with Crippen molar-refractivity contribution in [1.82, 2.24) is 4.98 Å². The molecule has 0 bridgehead atoms. The molecule has 2 heterocycles. The first-order valence-electron chi connectivity index (χ1n) is 7.65. The Bertz CT molecular complexity index is 745. The smallest absolute Gasteiger partial charge is 0.264 e. The molecule has 1 amide bonds. The number of carbonyl (C=O) groups is 2. The van der Waals surface area contributed by atoms with Crippen molar-refractivity contribution < 1.29 is 14.7 Å². The molecule has 1 aliphatic rings. The molecule has 0 aliphatic carbocycles. The third-order valence-electron chi connectivity index (χ3n) is 4.11. The van der Waals surface area contributed by atoms with Gasteiger partial charge in [-0.1, -0.05) is 25.1 Å². The molecule has 0 saturated heterocycles. The van der Waals surface area contributed by atoms with E-state index in [2.05, 4.69) is 4.98 Å². The molecule has 0 saturated carbocycles. The van der Waals surface area contributed by atoms with Crippen LogP contribution in [-0.2, 0) is 10.4 Å². The fraction of sp³-hybridized carbons (Fsp3) is 0.278. The second-order valence-corrected chi connectivity index (χ2v) is 5.67. The van der Waals surface area contributed by atoms with Crippen molar-refractivity contribution in [3.8, 4) is 0 Å². The minimum atomic E-state index is -1.80. The number of nitrogens with zero attached hydrogens (tertiary/aromatic N) is 2. The van der Waals surface area contributed by atoms with Gasteiger partial charge in [0.2, 0.25) is 0 Å². The zero-order chi connectivity index (χ0) is 16.4. The maximum absolute atomic E-state index is 12.8. The van der Waals surface area contributed by atoms with Crippen molar-refractivity contribution in [3.63, 3.8) is 0 Å². The maximum atomic E-state index is 12.8. The van der Waals surface area contributed by atoms with Gasteiger partial charge < -0.3 is 10.0 Å². The molecule has 1 aromatic carbocycles. The van der Waals surface area contributed by atoms with Gasteiger partial charge in [0.05, 0.1) is 12.1 Å². The first-order valence-corrected chi connectivity index (χ1v) is 7.65. The number of amides is 1. The zero-order valence-electron chi connectivity index (χ0n) is 12.9. The molecule has 1 N–H and O–H groups in total. The van der Waals surface area contributed by atoms with E-state index in [4.69, 9.17) is 0 Å². The van der Waals surface area contributed by atoms with Crippen LogP contribution < -0.4 is 4.90 Å². The third kappa shape index (κ3) is 2.53. The topological polar surface area (TPSA) is 70.5 Å². The lowest BCUT2D eigenvalue weighted by Crippen LogP contribution is -2.42. The van der Waals surface area contributed by atoms with Gasteiger partial charge in [-0.15, -0.1) is 0 Å². The van der Waals surface area contributed by atoms with Crippen molar-refractivity contribution in [2.24, 2.45) is 0 Å². The molecular formula is C18H18N2O3. The van der Waals surface area contributed by atoms with Crippen molar-refractivity contribution >= 4 is 17.4 Å². The molecule has 23 heavy (non-hydrogen) atoms. The van der Waals surface area contributed by atoms with E-state index < -0.39 is 11.5 Å². The van der Waals surface area contributed by atoms with Crippen LogP contribution >= 0.6 is 0 Å². The van der Waals surface area contributed by atoms with Crippen LogP contribution in [-0.4, -0.2) is 28.3 Å². The molecule has 5 heteroatoms. The van der Waals surface area contributed by atoms with E-state index in [9.17, 15) is 14.7 Å². The zero-order valence-corrected chi connectivity index (χ0v) is 12.9. The van der Waals surface area contributed by atoms with Gasteiger partial charge in [-0.25, -0.2) is 0 Å². The lowest BCUT2D eigenvalue weighted by atomic mass is 9.88. The third-order valence-corrected chi connectivity index (χ3v) is 4.11. The van der Waals surface area contributed by atoms with E-state index in [1.54, 1.807) is 35.2 Å². The molecule has 0 radical (unpaired) electrons. The Morgan fingerprint density at radius 1 is 1.22 bits per heavy atom. The number of hydrogen-bond donors (Lipinski definition) is 1. The molecule has 1 aliphatic heterocycles. The first-order chi connectivity index (χ1) is 11.1. The Morgan fingerprint density at radius 2 is 1.91 bits per heavy atom. The SMILES string of the molecule is CCCN1C(=O)[C@](O)(CC(=O)c2ccncc2)c2ccccc21. The minimum Gasteiger partial charge on any atom is -0.375 e. The van der Waals surface area contributed by atoms with Crippen LogP contribution in [0.15, 0.2) is 48.8 Å². The van der Waals surface area contributed by atoms with Gasteiger partial charge >= 0.3 is 0 Å². The van der Waals surface area contributed by atoms with Crippen LogP contribution in [0.4, 0.5) is 5.69 Å². The number of Topliss-reactive ketones (excluding diaryl/α,β-unsaturated/α-hetero) is 1. The maximum Gasteiger partial charge on any atom is 0.264 e. The van der Waals surface area contributed by atoms with E-state index in [0.29, 0.717) is 23.4 Å². The van der Waals surface area contributed by atoms with Gasteiger partial charge in [-0.3, -0.25) is 14.6 Å². The second-order valence-electron chi connectivity index (χ2n) is 5.67. The number of aliphatic hydroxyl groups is 1. The van der Waals surface area contributed by atoms with Crippen LogP contribution in [0.25, 0.3) is 0 Å². The largest absolute Gasteiger partial charge is 0.375 e. The summed E-state index contributed by atoms with van der Waals surface area (Å²) in [4.78, 5) is 30.7. The van der Waals surface area contributed by atoms with Gasteiger partial charge in [0.15, 0.2) is 11.4 Å². The van der Waals surface area contributed by atoms with Gasteiger partial charge in [0, 0.05) is 30.1 Å². The number of para-hydroxylation sites is 1. The average molecular weight is 310 g/mol. The van der Waals surface area contributed by atoms with Crippen molar-refractivity contribution in [3.05, 3.63) is 59.9 Å². The summed E-state index contributed by atoms with van der Waals surface area (Å²) in [5.74, 6) is -0.709. The van der Waals surface area contributed by atoms with Crippen LogP contribution in [0, 0.1) is 0 Å². The van der Waals surface area contributed by atoms with Crippen molar-refractivity contribution in [2.45, 2.75) is 25.4 Å². The standard InChI is InChI=1S/C18H18N2O3/c1-2-11-20-15-6-4-3-5-14(15)18(23,17(20)22)12-16(21)13-7-9-19-10-8-13/h3-10,23H,2,11-12H2,1H3/t18-/m0/s1. The Hall–Kier alpha value is -2.53. The normalized spacial score (nSPS) is 19.7. The molecule has 2 aromatic rings. The van der Waals surface area contributed by atoms with Gasteiger partial charge in [0.1, 0.15) is 0 Å². The highest BCUT2D eigenvalue weighted by Gasteiger charge is 2.50. The molecule has 1 aromatic heterocycles. The number of rotatable bonds is 5. The fourth-order valence-corrected chi connectivity index (χ4v) is 3.00. The fourth-order valence-electron chi connectivity index (χ4n) is 3.00. The van der Waals surface area contributed by atoms with Gasteiger partial charge in [-0.05, 0) is 24.6 Å². The van der Waals surface area contributed by atoms with Gasteiger partial charge in [0.25, 0.3) is 5.91 Å². The lowest BCUT2D eigenvalue weighted by Gasteiger charge is -2.22. The number of pyridine rings is 1. The van der Waals surface area contributed by atoms with Crippen LogP contribution in [0.3, 0.4) is 0 Å². The van der Waals surface area contributed by atoms with E-state index in [1.807, 2.05) is 13.0 Å². The number of aromatic nitrogens is 1. The Morgan fingerprint density at radius 3 is 2.61 bits per heavy atom. The summed E-state index contributed by atoms with van der Waals surface area (Å²) in [5.41, 5.74) is -0.176. The van der Waals surface area contributed by atoms with Crippen LogP contribution in [0.1, 0.15) is 35.7 Å². The summed E-state index contributed by atoms with van der Waals surface area (Å²) in [5, 5.41) is 11.0. The summed E-state index contributed by atoms with van der Waals surface area (Å²) >= 11 is 0. The molecule has 0 spiro atoms. The average Bonchev–Trinajstić information content (AvgIpc) is 2.78. The van der Waals surface area contributed by atoms with Crippen molar-refractivity contribution in [2.75, 3.05) is 11.4 Å². The highest BCUT2D eigenvalue weighted by molar-refractivity contribution is 6.10. The Kier molecular flexibility index (Phi) is 3.96. The lowest BCUT2D eigenvalue weighted by molar-refractivity contribution is -0.135. The summed E-state index contributed by atoms with van der Waals surface area (Å²) in [6.07, 6.45) is 3.54. The Labute approximate surface area is 134 Å². The summed E-state index contributed by atoms with van der Waals surface area (Å²) < 4.78 is 0. The number of benzene rings is 1. The molecule has 118 valence electrons. The van der Waals surface area contributed by atoms with Gasteiger partial charge in [-0.2, -0.15) is 0 Å². The highest BCUT2D eigenvalue weighted by atomic mass is 16.3. The molecule has 0 unspecified atom stereocenters.